The van der Waals surface area contributed by atoms with Gasteiger partial charge < -0.3 is 15.1 Å². The maximum absolute atomic E-state index is 12.7. The average molecular weight is 345 g/mol. The van der Waals surface area contributed by atoms with Gasteiger partial charge in [0.05, 0.1) is 16.1 Å². The van der Waals surface area contributed by atoms with Crippen LogP contribution < -0.4 is 10.2 Å². The van der Waals surface area contributed by atoms with Gasteiger partial charge in [0, 0.05) is 45.0 Å². The van der Waals surface area contributed by atoms with Crippen molar-refractivity contribution < 1.29 is 9.59 Å². The summed E-state index contributed by atoms with van der Waals surface area (Å²) in [6.45, 7) is 5.51. The van der Waals surface area contributed by atoms with Gasteiger partial charge in [-0.05, 0) is 19.1 Å². The molecule has 2 aromatic heterocycles. The van der Waals surface area contributed by atoms with E-state index in [1.807, 2.05) is 4.90 Å². The zero-order chi connectivity index (χ0) is 17.1. The number of thiophene rings is 1. The number of hydrogen-bond donors (Lipinski definition) is 1. The molecule has 1 fully saturated rings. The standard InChI is InChI=1S/C16H19N5O2S/c1-11-10-20(7-8-21(11)14-9-17-5-6-18-14)16(23)13-3-4-15(24-13)19-12(2)22/h3-6,9,11H,7-8,10H2,1-2H3,(H,19,22). The number of amides is 2. The molecule has 1 saturated heterocycles. The highest BCUT2D eigenvalue weighted by atomic mass is 32.1. The van der Waals surface area contributed by atoms with E-state index in [4.69, 9.17) is 0 Å². The van der Waals surface area contributed by atoms with E-state index in [0.29, 0.717) is 23.0 Å². The molecule has 1 aliphatic rings. The summed E-state index contributed by atoms with van der Waals surface area (Å²) in [5.41, 5.74) is 0. The normalized spacial score (nSPS) is 17.7. The van der Waals surface area contributed by atoms with Crippen molar-refractivity contribution in [2.45, 2.75) is 19.9 Å². The van der Waals surface area contributed by atoms with Crippen LogP contribution in [0.3, 0.4) is 0 Å². The van der Waals surface area contributed by atoms with E-state index in [9.17, 15) is 9.59 Å². The molecule has 1 aliphatic heterocycles. The molecule has 1 atom stereocenters. The lowest BCUT2D eigenvalue weighted by Gasteiger charge is -2.40. The molecule has 8 heteroatoms. The predicted molar refractivity (Wildman–Crippen MR) is 93.4 cm³/mol. The van der Waals surface area contributed by atoms with Crippen molar-refractivity contribution in [1.29, 1.82) is 0 Å². The van der Waals surface area contributed by atoms with Gasteiger partial charge in [0.15, 0.2) is 0 Å². The van der Waals surface area contributed by atoms with Crippen LogP contribution >= 0.6 is 11.3 Å². The minimum absolute atomic E-state index is 0.00208. The minimum atomic E-state index is -0.137. The zero-order valence-electron chi connectivity index (χ0n) is 13.6. The van der Waals surface area contributed by atoms with E-state index in [2.05, 4.69) is 27.1 Å². The highest BCUT2D eigenvalue weighted by Crippen LogP contribution is 2.25. The van der Waals surface area contributed by atoms with Gasteiger partial charge >= 0.3 is 0 Å². The summed E-state index contributed by atoms with van der Waals surface area (Å²) in [7, 11) is 0. The monoisotopic (exact) mass is 345 g/mol. The maximum Gasteiger partial charge on any atom is 0.264 e. The van der Waals surface area contributed by atoms with Gasteiger partial charge in [-0.25, -0.2) is 4.98 Å². The number of carbonyl (C=O) groups excluding carboxylic acids is 2. The molecule has 3 heterocycles. The van der Waals surface area contributed by atoms with Crippen LogP contribution in [-0.4, -0.2) is 52.4 Å². The summed E-state index contributed by atoms with van der Waals surface area (Å²) in [5, 5.41) is 3.40. The number of nitrogens with zero attached hydrogens (tertiary/aromatic N) is 4. The topological polar surface area (TPSA) is 78.4 Å². The lowest BCUT2D eigenvalue weighted by Crippen LogP contribution is -2.54. The van der Waals surface area contributed by atoms with Crippen LogP contribution in [0.1, 0.15) is 23.5 Å². The Morgan fingerprint density at radius 3 is 2.79 bits per heavy atom. The lowest BCUT2D eigenvalue weighted by molar-refractivity contribution is -0.114. The van der Waals surface area contributed by atoms with Crippen LogP contribution in [0.15, 0.2) is 30.7 Å². The fourth-order valence-electron chi connectivity index (χ4n) is 2.77. The molecule has 2 aromatic rings. The molecule has 7 nitrogen and oxygen atoms in total. The van der Waals surface area contributed by atoms with Crippen LogP contribution in [-0.2, 0) is 4.79 Å². The van der Waals surface area contributed by atoms with E-state index in [1.54, 1.807) is 30.7 Å². The number of anilines is 2. The van der Waals surface area contributed by atoms with Gasteiger partial charge in [-0.3, -0.25) is 14.6 Å². The van der Waals surface area contributed by atoms with Gasteiger partial charge in [-0.15, -0.1) is 11.3 Å². The number of piperazine rings is 1. The second-order valence-corrected chi connectivity index (χ2v) is 6.79. The second kappa shape index (κ2) is 6.96. The van der Waals surface area contributed by atoms with Crippen LogP contribution in [0, 0.1) is 0 Å². The molecule has 24 heavy (non-hydrogen) atoms. The first kappa shape index (κ1) is 16.4. The summed E-state index contributed by atoms with van der Waals surface area (Å²) < 4.78 is 0. The summed E-state index contributed by atoms with van der Waals surface area (Å²) in [5.74, 6) is 0.700. The van der Waals surface area contributed by atoms with E-state index >= 15 is 0 Å². The molecule has 0 aromatic carbocycles. The minimum Gasteiger partial charge on any atom is -0.349 e. The molecular weight excluding hydrogens is 326 g/mol. The SMILES string of the molecule is CC(=O)Nc1ccc(C(=O)N2CCN(c3cnccn3)C(C)C2)s1. The molecule has 0 radical (unpaired) electrons. The quantitative estimate of drug-likeness (QED) is 0.918. The van der Waals surface area contributed by atoms with Gasteiger partial charge in [0.25, 0.3) is 5.91 Å². The van der Waals surface area contributed by atoms with Gasteiger partial charge in [-0.2, -0.15) is 0 Å². The van der Waals surface area contributed by atoms with Gasteiger partial charge in [0.1, 0.15) is 5.82 Å². The number of rotatable bonds is 3. The van der Waals surface area contributed by atoms with Crippen molar-refractivity contribution in [2.75, 3.05) is 29.9 Å². The van der Waals surface area contributed by atoms with Crippen molar-refractivity contribution in [2.24, 2.45) is 0 Å². The molecule has 0 spiro atoms. The molecule has 0 saturated carbocycles. The predicted octanol–water partition coefficient (Wildman–Crippen LogP) is 1.85. The average Bonchev–Trinajstić information content (AvgIpc) is 3.02. The first-order valence-electron chi connectivity index (χ1n) is 7.74. The van der Waals surface area contributed by atoms with E-state index in [0.717, 1.165) is 12.4 Å². The first-order chi connectivity index (χ1) is 11.5. The Morgan fingerprint density at radius 2 is 2.12 bits per heavy atom. The Kier molecular flexibility index (Phi) is 4.75. The Hall–Kier alpha value is -2.48. The fraction of sp³-hybridized carbons (Fsp3) is 0.375. The van der Waals surface area contributed by atoms with Crippen molar-refractivity contribution >= 4 is 34.0 Å². The zero-order valence-corrected chi connectivity index (χ0v) is 14.4. The molecule has 1 unspecified atom stereocenters. The third-order valence-electron chi connectivity index (χ3n) is 3.87. The summed E-state index contributed by atoms with van der Waals surface area (Å²) in [6, 6.07) is 3.69. The van der Waals surface area contributed by atoms with E-state index in [1.165, 1.54) is 18.3 Å². The Balaban J connectivity index is 1.66. The van der Waals surface area contributed by atoms with Crippen molar-refractivity contribution in [3.05, 3.63) is 35.6 Å². The second-order valence-electron chi connectivity index (χ2n) is 5.70. The first-order valence-corrected chi connectivity index (χ1v) is 8.55. The largest absolute Gasteiger partial charge is 0.349 e. The molecular formula is C16H19N5O2S. The molecule has 3 rings (SSSR count). The smallest absolute Gasteiger partial charge is 0.264 e. The Bertz CT molecular complexity index is 733. The van der Waals surface area contributed by atoms with Crippen LogP contribution in [0.25, 0.3) is 0 Å². The number of hydrogen-bond acceptors (Lipinski definition) is 6. The lowest BCUT2D eigenvalue weighted by atomic mass is 10.2. The highest BCUT2D eigenvalue weighted by Gasteiger charge is 2.28. The molecule has 0 bridgehead atoms. The third-order valence-corrected chi connectivity index (χ3v) is 4.86. The summed E-state index contributed by atoms with van der Waals surface area (Å²) >= 11 is 1.30. The molecule has 126 valence electrons. The van der Waals surface area contributed by atoms with Crippen LogP contribution in [0.5, 0.6) is 0 Å². The summed E-state index contributed by atoms with van der Waals surface area (Å²) in [6.07, 6.45) is 5.07. The molecule has 0 aliphatic carbocycles. The van der Waals surface area contributed by atoms with Gasteiger partial charge in [-0.1, -0.05) is 0 Å². The van der Waals surface area contributed by atoms with E-state index < -0.39 is 0 Å². The Labute approximate surface area is 144 Å². The number of nitrogens with one attached hydrogen (secondary N) is 1. The number of aromatic nitrogens is 2. The van der Waals surface area contributed by atoms with E-state index in [-0.39, 0.29) is 17.9 Å². The maximum atomic E-state index is 12.7. The van der Waals surface area contributed by atoms with Crippen LogP contribution in [0.2, 0.25) is 0 Å². The van der Waals surface area contributed by atoms with Crippen molar-refractivity contribution in [1.82, 2.24) is 14.9 Å². The van der Waals surface area contributed by atoms with Crippen LogP contribution in [0.4, 0.5) is 10.8 Å². The molecule has 2 amide bonds. The Morgan fingerprint density at radius 1 is 1.29 bits per heavy atom. The van der Waals surface area contributed by atoms with Gasteiger partial charge in [0.2, 0.25) is 5.91 Å². The highest BCUT2D eigenvalue weighted by molar-refractivity contribution is 7.18. The number of carbonyl (C=O) groups is 2. The third kappa shape index (κ3) is 3.53. The molecule has 1 N–H and O–H groups in total. The van der Waals surface area contributed by atoms with Crippen molar-refractivity contribution in [3.63, 3.8) is 0 Å². The van der Waals surface area contributed by atoms with Crippen molar-refractivity contribution in [3.8, 4) is 0 Å². The summed E-state index contributed by atoms with van der Waals surface area (Å²) in [4.78, 5) is 36.8. The fourth-order valence-corrected chi connectivity index (χ4v) is 3.69.